The van der Waals surface area contributed by atoms with E-state index in [1.54, 1.807) is 12.1 Å². The number of halogens is 1. The van der Waals surface area contributed by atoms with Crippen LogP contribution >= 0.6 is 0 Å². The van der Waals surface area contributed by atoms with Crippen LogP contribution in [0.25, 0.3) is 0 Å². The lowest BCUT2D eigenvalue weighted by Crippen LogP contribution is -2.40. The van der Waals surface area contributed by atoms with E-state index in [0.29, 0.717) is 13.0 Å². The van der Waals surface area contributed by atoms with Gasteiger partial charge in [-0.2, -0.15) is 0 Å². The highest BCUT2D eigenvalue weighted by molar-refractivity contribution is 7.91. The van der Waals surface area contributed by atoms with Crippen LogP contribution in [0.1, 0.15) is 38.7 Å². The second kappa shape index (κ2) is 6.05. The van der Waals surface area contributed by atoms with E-state index in [1.165, 1.54) is 12.1 Å². The van der Waals surface area contributed by atoms with Crippen LogP contribution in [0.5, 0.6) is 0 Å². The van der Waals surface area contributed by atoms with E-state index in [4.69, 9.17) is 0 Å². The van der Waals surface area contributed by atoms with Gasteiger partial charge >= 0.3 is 0 Å². The summed E-state index contributed by atoms with van der Waals surface area (Å²) in [5.41, 5.74) is 0.978. The maximum absolute atomic E-state index is 13.1. The third-order valence-electron chi connectivity index (χ3n) is 3.99. The summed E-state index contributed by atoms with van der Waals surface area (Å²) in [5.74, 6) is 0.448. The fourth-order valence-corrected chi connectivity index (χ4v) is 4.70. The normalized spacial score (nSPS) is 23.1. The summed E-state index contributed by atoms with van der Waals surface area (Å²) in [7, 11) is -2.91. The lowest BCUT2D eigenvalue weighted by Gasteiger charge is -2.28. The Morgan fingerprint density at radius 3 is 2.38 bits per heavy atom. The zero-order chi connectivity index (χ0) is 15.7. The van der Waals surface area contributed by atoms with Gasteiger partial charge in [-0.05, 0) is 50.8 Å². The van der Waals surface area contributed by atoms with E-state index in [2.05, 4.69) is 26.1 Å². The van der Waals surface area contributed by atoms with Crippen molar-refractivity contribution in [2.75, 3.05) is 18.1 Å². The summed E-state index contributed by atoms with van der Waals surface area (Å²) < 4.78 is 36.6. The first-order valence-corrected chi connectivity index (χ1v) is 9.19. The van der Waals surface area contributed by atoms with Crippen molar-refractivity contribution in [1.29, 1.82) is 0 Å². The van der Waals surface area contributed by atoms with Crippen LogP contribution < -0.4 is 5.32 Å². The first-order valence-electron chi connectivity index (χ1n) is 7.37. The van der Waals surface area contributed by atoms with Gasteiger partial charge in [0.25, 0.3) is 0 Å². The fourth-order valence-electron chi connectivity index (χ4n) is 2.82. The largest absolute Gasteiger partial charge is 0.311 e. The van der Waals surface area contributed by atoms with Crippen molar-refractivity contribution in [3.63, 3.8) is 0 Å². The minimum absolute atomic E-state index is 0.0320. The van der Waals surface area contributed by atoms with Crippen LogP contribution in [-0.2, 0) is 9.84 Å². The molecule has 1 fully saturated rings. The predicted molar refractivity (Wildman–Crippen MR) is 83.7 cm³/mol. The van der Waals surface area contributed by atoms with Crippen molar-refractivity contribution >= 4 is 9.84 Å². The molecule has 5 heteroatoms. The molecule has 0 aromatic heterocycles. The Balaban J connectivity index is 2.20. The SMILES string of the molecule is CC(C)(C)NCC(c1ccc(F)cc1)C1CCS(=O)(=O)C1. The maximum atomic E-state index is 13.1. The smallest absolute Gasteiger partial charge is 0.150 e. The molecule has 0 spiro atoms. The molecule has 0 radical (unpaired) electrons. The molecular weight excluding hydrogens is 289 g/mol. The lowest BCUT2D eigenvalue weighted by molar-refractivity contribution is 0.363. The van der Waals surface area contributed by atoms with Gasteiger partial charge in [0.1, 0.15) is 5.82 Å². The van der Waals surface area contributed by atoms with Crippen LogP contribution in [0.2, 0.25) is 0 Å². The zero-order valence-electron chi connectivity index (χ0n) is 12.9. The lowest BCUT2D eigenvalue weighted by atomic mass is 9.85. The van der Waals surface area contributed by atoms with E-state index in [9.17, 15) is 12.8 Å². The molecule has 2 atom stereocenters. The molecule has 1 aliphatic rings. The van der Waals surface area contributed by atoms with E-state index < -0.39 is 9.84 Å². The molecule has 1 aliphatic heterocycles. The molecule has 1 aromatic rings. The Bertz CT molecular complexity index is 575. The van der Waals surface area contributed by atoms with E-state index in [0.717, 1.165) is 5.56 Å². The molecule has 1 N–H and O–H groups in total. The third kappa shape index (κ3) is 4.78. The summed E-state index contributed by atoms with van der Waals surface area (Å²) in [4.78, 5) is 0. The Morgan fingerprint density at radius 1 is 1.29 bits per heavy atom. The topological polar surface area (TPSA) is 46.2 Å². The van der Waals surface area contributed by atoms with Gasteiger partial charge in [-0.1, -0.05) is 12.1 Å². The molecule has 1 saturated heterocycles. The van der Waals surface area contributed by atoms with E-state index in [-0.39, 0.29) is 34.7 Å². The van der Waals surface area contributed by atoms with Crippen LogP contribution in [0.15, 0.2) is 24.3 Å². The molecule has 3 nitrogen and oxygen atoms in total. The van der Waals surface area contributed by atoms with Gasteiger partial charge in [-0.25, -0.2) is 12.8 Å². The van der Waals surface area contributed by atoms with E-state index >= 15 is 0 Å². The van der Waals surface area contributed by atoms with Gasteiger partial charge in [0.2, 0.25) is 0 Å². The molecule has 1 heterocycles. The molecule has 0 saturated carbocycles. The second-order valence-corrected chi connectivity index (χ2v) is 9.18. The molecule has 2 rings (SSSR count). The maximum Gasteiger partial charge on any atom is 0.150 e. The number of hydrogen-bond donors (Lipinski definition) is 1. The van der Waals surface area contributed by atoms with E-state index in [1.807, 2.05) is 0 Å². The quantitative estimate of drug-likeness (QED) is 0.930. The molecular formula is C16H24FNO2S. The molecule has 118 valence electrons. The summed E-state index contributed by atoms with van der Waals surface area (Å²) in [6.07, 6.45) is 0.691. The molecule has 0 aliphatic carbocycles. The predicted octanol–water partition coefficient (Wildman–Crippen LogP) is 2.73. The standard InChI is InChI=1S/C16H24FNO2S/c1-16(2,3)18-10-15(12-4-6-14(17)7-5-12)13-8-9-21(19,20)11-13/h4-7,13,15,18H,8-11H2,1-3H3. The molecule has 21 heavy (non-hydrogen) atoms. The van der Waals surface area contributed by atoms with Crippen molar-refractivity contribution in [1.82, 2.24) is 5.32 Å². The van der Waals surface area contributed by atoms with Gasteiger partial charge < -0.3 is 5.32 Å². The van der Waals surface area contributed by atoms with Gasteiger partial charge in [-0.3, -0.25) is 0 Å². The third-order valence-corrected chi connectivity index (χ3v) is 5.78. The number of sulfone groups is 1. The van der Waals surface area contributed by atoms with Crippen LogP contribution in [0, 0.1) is 11.7 Å². The highest BCUT2D eigenvalue weighted by Crippen LogP contribution is 2.33. The highest BCUT2D eigenvalue weighted by atomic mass is 32.2. The summed E-state index contributed by atoms with van der Waals surface area (Å²) in [5, 5.41) is 3.45. The average molecular weight is 313 g/mol. The van der Waals surface area contributed by atoms with Crippen molar-refractivity contribution in [3.05, 3.63) is 35.6 Å². The van der Waals surface area contributed by atoms with Crippen molar-refractivity contribution < 1.29 is 12.8 Å². The highest BCUT2D eigenvalue weighted by Gasteiger charge is 2.34. The number of nitrogens with one attached hydrogen (secondary N) is 1. The number of benzene rings is 1. The summed E-state index contributed by atoms with van der Waals surface area (Å²) in [6, 6.07) is 6.44. The van der Waals surface area contributed by atoms with Crippen molar-refractivity contribution in [2.45, 2.75) is 38.6 Å². The monoisotopic (exact) mass is 313 g/mol. The molecule has 2 unspecified atom stereocenters. The molecule has 1 aromatic carbocycles. The molecule has 0 bridgehead atoms. The fraction of sp³-hybridized carbons (Fsp3) is 0.625. The van der Waals surface area contributed by atoms with Crippen LogP contribution in [0.4, 0.5) is 4.39 Å². The second-order valence-electron chi connectivity index (χ2n) is 6.95. The van der Waals surface area contributed by atoms with Crippen LogP contribution in [-0.4, -0.2) is 32.0 Å². The van der Waals surface area contributed by atoms with Gasteiger partial charge in [0.15, 0.2) is 9.84 Å². The Morgan fingerprint density at radius 2 is 1.90 bits per heavy atom. The summed E-state index contributed by atoms with van der Waals surface area (Å²) in [6.45, 7) is 6.95. The first kappa shape index (κ1) is 16.4. The Labute approximate surface area is 126 Å². The number of hydrogen-bond acceptors (Lipinski definition) is 3. The zero-order valence-corrected chi connectivity index (χ0v) is 13.7. The van der Waals surface area contributed by atoms with Crippen LogP contribution in [0.3, 0.4) is 0 Å². The minimum Gasteiger partial charge on any atom is -0.311 e. The molecule has 0 amide bonds. The summed E-state index contributed by atoms with van der Waals surface area (Å²) >= 11 is 0. The van der Waals surface area contributed by atoms with Crippen molar-refractivity contribution in [3.8, 4) is 0 Å². The van der Waals surface area contributed by atoms with Gasteiger partial charge in [0, 0.05) is 18.0 Å². The minimum atomic E-state index is -2.91. The Kier molecular flexibility index (Phi) is 4.73. The van der Waals surface area contributed by atoms with Gasteiger partial charge in [0.05, 0.1) is 11.5 Å². The average Bonchev–Trinajstić information content (AvgIpc) is 2.71. The Hall–Kier alpha value is -0.940. The number of rotatable bonds is 4. The first-order chi connectivity index (χ1) is 9.66. The van der Waals surface area contributed by atoms with Gasteiger partial charge in [-0.15, -0.1) is 0 Å². The van der Waals surface area contributed by atoms with Crippen molar-refractivity contribution in [2.24, 2.45) is 5.92 Å².